The van der Waals surface area contributed by atoms with Gasteiger partial charge in [0.2, 0.25) is 0 Å². The summed E-state index contributed by atoms with van der Waals surface area (Å²) >= 11 is 0. The maximum absolute atomic E-state index is 13.3. The van der Waals surface area contributed by atoms with Gasteiger partial charge in [0.1, 0.15) is 23.0 Å². The summed E-state index contributed by atoms with van der Waals surface area (Å²) in [5.74, 6) is -8.00. The zero-order valence-electron chi connectivity index (χ0n) is 27.4. The first-order chi connectivity index (χ1) is 23.3. The molecule has 0 radical (unpaired) electrons. The third-order valence-corrected chi connectivity index (χ3v) is 9.93. The maximum Gasteiger partial charge on any atom is 0.328 e. The third kappa shape index (κ3) is 5.15. The van der Waals surface area contributed by atoms with Crippen molar-refractivity contribution in [3.63, 3.8) is 0 Å². The Morgan fingerprint density at radius 1 is 0.640 bits per heavy atom. The van der Waals surface area contributed by atoms with E-state index in [1.807, 2.05) is 0 Å². The predicted octanol–water partition coefficient (Wildman–Crippen LogP) is 5.39. The second-order valence-electron chi connectivity index (χ2n) is 13.7. The Morgan fingerprint density at radius 3 is 1.30 bits per heavy atom. The number of hydrogen-bond donors (Lipinski definition) is 8. The van der Waals surface area contributed by atoms with Gasteiger partial charge in [0.15, 0.2) is 11.6 Å². The molecular weight excluding hydrogens is 648 g/mol. The minimum absolute atomic E-state index is 0.00889. The summed E-state index contributed by atoms with van der Waals surface area (Å²) < 4.78 is 0. The molecule has 0 bridgehead atoms. The molecule has 0 aliphatic heterocycles. The fourth-order valence-corrected chi connectivity index (χ4v) is 8.16. The number of aliphatic carboxylic acids is 2. The minimum atomic E-state index is -1.68. The number of carboxylic acids is 2. The van der Waals surface area contributed by atoms with Crippen molar-refractivity contribution >= 4 is 45.0 Å². The van der Waals surface area contributed by atoms with Crippen molar-refractivity contribution < 1.29 is 60.0 Å². The number of fused-ring (bicyclic) bond motifs is 4. The Hall–Kier alpha value is -5.72. The number of rotatable bonds is 5. The first kappa shape index (κ1) is 34.2. The second-order valence-corrected chi connectivity index (χ2v) is 13.7. The monoisotopic (exact) mass is 682 g/mol. The number of hydrogen-bond acceptors (Lipinski definition) is 10. The number of phenolic OH excluding ortho intramolecular Hbond substituents is 4. The van der Waals surface area contributed by atoms with Crippen molar-refractivity contribution in [1.82, 2.24) is 0 Å². The zero-order valence-corrected chi connectivity index (χ0v) is 27.4. The molecule has 4 aromatic rings. The SMILES string of the molecule is CC(=CC(=O)O)C1c2cc3ccc(-c4ccc5cc6c(c(O)c5c4O)C(=O)CC(C)(O)C6C(C)=CC(=O)O)c(O)c3c(O)c2C(=O)CC1(C)O. The van der Waals surface area contributed by atoms with Crippen LogP contribution in [0, 0.1) is 0 Å². The lowest BCUT2D eigenvalue weighted by molar-refractivity contribution is -0.132. The summed E-state index contributed by atoms with van der Waals surface area (Å²) in [4.78, 5) is 49.5. The van der Waals surface area contributed by atoms with Gasteiger partial charge in [-0.3, -0.25) is 9.59 Å². The Bertz CT molecular complexity index is 2130. The van der Waals surface area contributed by atoms with E-state index >= 15 is 0 Å². The smallest absolute Gasteiger partial charge is 0.328 e. The van der Waals surface area contributed by atoms with Crippen LogP contribution in [0.15, 0.2) is 59.7 Å². The highest BCUT2D eigenvalue weighted by molar-refractivity contribution is 6.13. The van der Waals surface area contributed by atoms with E-state index in [1.54, 1.807) is 0 Å². The third-order valence-electron chi connectivity index (χ3n) is 9.93. The predicted molar refractivity (Wildman–Crippen MR) is 181 cm³/mol. The molecule has 0 heterocycles. The van der Waals surface area contributed by atoms with E-state index < -0.39 is 82.4 Å². The summed E-state index contributed by atoms with van der Waals surface area (Å²) in [6.45, 7) is 5.79. The number of ketones is 2. The van der Waals surface area contributed by atoms with Gasteiger partial charge in [0, 0.05) is 48.0 Å². The van der Waals surface area contributed by atoms with Crippen LogP contribution >= 0.6 is 0 Å². The van der Waals surface area contributed by atoms with Gasteiger partial charge in [-0.25, -0.2) is 9.59 Å². The van der Waals surface area contributed by atoms with Crippen molar-refractivity contribution in [2.45, 2.75) is 63.6 Å². The van der Waals surface area contributed by atoms with E-state index in [2.05, 4.69) is 0 Å². The lowest BCUT2D eigenvalue weighted by atomic mass is 9.68. The van der Waals surface area contributed by atoms with Crippen molar-refractivity contribution in [2.24, 2.45) is 0 Å². The Labute approximate surface area is 284 Å². The van der Waals surface area contributed by atoms with E-state index in [4.69, 9.17) is 0 Å². The van der Waals surface area contributed by atoms with Crippen LogP contribution in [0.2, 0.25) is 0 Å². The van der Waals surface area contributed by atoms with Crippen LogP contribution < -0.4 is 0 Å². The van der Waals surface area contributed by atoms with Crippen molar-refractivity contribution in [3.8, 4) is 34.1 Å². The van der Waals surface area contributed by atoms with Gasteiger partial charge in [0.25, 0.3) is 0 Å². The van der Waals surface area contributed by atoms with E-state index in [9.17, 15) is 60.0 Å². The molecule has 12 nitrogen and oxygen atoms in total. The molecule has 4 aromatic carbocycles. The quantitative estimate of drug-likeness (QED) is 0.124. The second kappa shape index (κ2) is 11.4. The Morgan fingerprint density at radius 2 is 0.980 bits per heavy atom. The molecule has 0 fully saturated rings. The van der Waals surface area contributed by atoms with Gasteiger partial charge in [-0.1, -0.05) is 23.3 Å². The molecule has 12 heteroatoms. The minimum Gasteiger partial charge on any atom is -0.507 e. The van der Waals surface area contributed by atoms with Gasteiger partial charge in [-0.15, -0.1) is 0 Å². The normalized spacial score (nSPS) is 24.0. The molecule has 8 N–H and O–H groups in total. The lowest BCUT2D eigenvalue weighted by Gasteiger charge is -2.39. The van der Waals surface area contributed by atoms with Gasteiger partial charge >= 0.3 is 11.9 Å². The van der Waals surface area contributed by atoms with Crippen LogP contribution in [0.3, 0.4) is 0 Å². The van der Waals surface area contributed by atoms with Crippen LogP contribution in [-0.4, -0.2) is 75.6 Å². The van der Waals surface area contributed by atoms with E-state index in [1.165, 1.54) is 64.1 Å². The van der Waals surface area contributed by atoms with Crippen molar-refractivity contribution in [2.75, 3.05) is 0 Å². The molecule has 0 aromatic heterocycles. The van der Waals surface area contributed by atoms with Crippen LogP contribution in [0.1, 0.15) is 84.2 Å². The maximum atomic E-state index is 13.3. The first-order valence-corrected chi connectivity index (χ1v) is 15.6. The summed E-state index contributed by atoms with van der Waals surface area (Å²) in [7, 11) is 0. The molecule has 258 valence electrons. The van der Waals surface area contributed by atoms with Gasteiger partial charge in [-0.2, -0.15) is 0 Å². The van der Waals surface area contributed by atoms with Crippen LogP contribution in [0.25, 0.3) is 32.7 Å². The highest BCUT2D eigenvalue weighted by Crippen LogP contribution is 2.54. The average molecular weight is 683 g/mol. The molecule has 0 amide bonds. The van der Waals surface area contributed by atoms with Crippen molar-refractivity contribution in [1.29, 1.82) is 0 Å². The molecule has 2 aliphatic rings. The molecule has 6 rings (SSSR count). The number of aromatic hydroxyl groups is 4. The van der Waals surface area contributed by atoms with Gasteiger partial charge in [-0.05, 0) is 73.9 Å². The highest BCUT2D eigenvalue weighted by atomic mass is 16.4. The molecule has 4 atom stereocenters. The zero-order chi connectivity index (χ0) is 36.8. The van der Waals surface area contributed by atoms with Crippen LogP contribution in [0.5, 0.6) is 23.0 Å². The van der Waals surface area contributed by atoms with E-state index in [0.29, 0.717) is 0 Å². The molecule has 50 heavy (non-hydrogen) atoms. The topological polar surface area (TPSA) is 230 Å². The number of carboxylic acid groups (broad SMARTS) is 2. The number of benzene rings is 4. The summed E-state index contributed by atoms with van der Waals surface area (Å²) in [6.07, 6.45) is 0.953. The summed E-state index contributed by atoms with van der Waals surface area (Å²) in [5.41, 5.74) is -2.93. The summed E-state index contributed by atoms with van der Waals surface area (Å²) in [5, 5.41) is 87.4. The Kier molecular flexibility index (Phi) is 7.81. The van der Waals surface area contributed by atoms with Gasteiger partial charge < -0.3 is 40.9 Å². The molecule has 0 saturated carbocycles. The standard InChI is InChI=1S/C38H34O12/c1-15(9-25(41)42)31-21-11-17-5-7-19(33(45)27(17)35(47)29(21)23(39)13-37(31,3)49)20-8-6-18-12-22-30(36(48)28(18)34(20)46)24(40)14-38(4,50)32(22)16(2)10-26(43)44/h5-12,31-32,45-50H,13-14H2,1-4H3,(H,41,42)(H,43,44). The summed E-state index contributed by atoms with van der Waals surface area (Å²) in [6, 6.07) is 8.82. The number of aliphatic hydroxyl groups is 2. The first-order valence-electron chi connectivity index (χ1n) is 15.6. The van der Waals surface area contributed by atoms with E-state index in [-0.39, 0.29) is 66.1 Å². The van der Waals surface area contributed by atoms with Crippen LogP contribution in [-0.2, 0) is 9.59 Å². The van der Waals surface area contributed by atoms with E-state index in [0.717, 1.165) is 12.2 Å². The average Bonchev–Trinajstić information content (AvgIpc) is 2.95. The van der Waals surface area contributed by atoms with Crippen LogP contribution in [0.4, 0.5) is 0 Å². The lowest BCUT2D eigenvalue weighted by Crippen LogP contribution is -2.41. The number of carbonyl (C=O) groups excluding carboxylic acids is 2. The molecule has 0 spiro atoms. The Balaban J connectivity index is 1.57. The largest absolute Gasteiger partial charge is 0.507 e. The van der Waals surface area contributed by atoms with Crippen molar-refractivity contribution in [3.05, 3.63) is 82.0 Å². The molecular formula is C38H34O12. The number of Topliss-reactive ketones (excluding diaryl/α,β-unsaturated/α-hetero) is 2. The number of carbonyl (C=O) groups is 4. The number of phenols is 4. The highest BCUT2D eigenvalue weighted by Gasteiger charge is 2.46. The molecule has 2 aliphatic carbocycles. The molecule has 0 saturated heterocycles. The molecule has 4 unspecified atom stereocenters. The fourth-order valence-electron chi connectivity index (χ4n) is 8.16. The van der Waals surface area contributed by atoms with Gasteiger partial charge in [0.05, 0.1) is 33.1 Å². The fraction of sp³-hybridized carbons (Fsp3) is 0.263.